The number of hydrogen-bond donors (Lipinski definition) is 1. The van der Waals surface area contributed by atoms with Crippen LogP contribution in [0.25, 0.3) is 0 Å². The topological polar surface area (TPSA) is 35.6 Å². The van der Waals surface area contributed by atoms with Crippen molar-refractivity contribution in [2.75, 3.05) is 19.4 Å². The van der Waals surface area contributed by atoms with E-state index < -0.39 is 0 Å². The van der Waals surface area contributed by atoms with E-state index in [2.05, 4.69) is 5.32 Å². The van der Waals surface area contributed by atoms with Gasteiger partial charge in [0.05, 0.1) is 11.6 Å². The molecule has 0 aromatic heterocycles. The summed E-state index contributed by atoms with van der Waals surface area (Å²) in [7, 11) is 3.78. The van der Waals surface area contributed by atoms with Crippen LogP contribution in [0, 0.1) is 0 Å². The molecule has 26 heavy (non-hydrogen) atoms. The van der Waals surface area contributed by atoms with Gasteiger partial charge in [0.25, 0.3) is 5.91 Å². The molecule has 1 N–H and O–H groups in total. The number of hydrogen-bond acceptors (Lipinski definition) is 2. The third-order valence-corrected chi connectivity index (χ3v) is 5.42. The number of para-hydroxylation sites is 1. The molecule has 4 nitrogen and oxygen atoms in total. The molecule has 0 aliphatic carbocycles. The van der Waals surface area contributed by atoms with E-state index in [4.69, 9.17) is 23.8 Å². The Morgan fingerprint density at radius 3 is 2.31 bits per heavy atom. The first-order chi connectivity index (χ1) is 12.4. The molecule has 0 radical (unpaired) electrons. The maximum absolute atomic E-state index is 13.1. The first kappa shape index (κ1) is 18.4. The zero-order valence-electron chi connectivity index (χ0n) is 14.9. The van der Waals surface area contributed by atoms with Crippen molar-refractivity contribution in [2.45, 2.75) is 13.0 Å². The van der Waals surface area contributed by atoms with E-state index in [0.717, 1.165) is 16.9 Å². The van der Waals surface area contributed by atoms with Crippen LogP contribution < -0.4 is 5.32 Å². The number of anilines is 1. The van der Waals surface area contributed by atoms with E-state index in [1.54, 1.807) is 0 Å². The molecule has 134 valence electrons. The molecule has 1 aliphatic rings. The fourth-order valence-electron chi connectivity index (χ4n) is 3.11. The second-order valence-corrected chi connectivity index (χ2v) is 7.03. The Labute approximate surface area is 164 Å². The number of nitrogens with zero attached hydrogens (tertiary/aromatic N) is 2. The molecule has 1 amide bonds. The maximum Gasteiger partial charge on any atom is 0.255 e. The molecular weight excluding hydrogens is 366 g/mol. The molecule has 1 aliphatic heterocycles. The monoisotopic (exact) mass is 385 g/mol. The van der Waals surface area contributed by atoms with Crippen LogP contribution in [0.4, 0.5) is 5.69 Å². The Balaban J connectivity index is 2.05. The molecule has 0 bridgehead atoms. The van der Waals surface area contributed by atoms with Gasteiger partial charge in [0.15, 0.2) is 5.11 Å². The zero-order chi connectivity index (χ0) is 18.8. The second-order valence-electron chi connectivity index (χ2n) is 6.23. The van der Waals surface area contributed by atoms with Crippen LogP contribution in [0.5, 0.6) is 0 Å². The number of amides is 1. The lowest BCUT2D eigenvalue weighted by Crippen LogP contribution is -2.47. The first-order valence-corrected chi connectivity index (χ1v) is 9.02. The average molecular weight is 386 g/mol. The quantitative estimate of drug-likeness (QED) is 0.791. The summed E-state index contributed by atoms with van der Waals surface area (Å²) in [5, 5.41) is 4.31. The van der Waals surface area contributed by atoms with Crippen molar-refractivity contribution in [1.29, 1.82) is 0 Å². The normalized spacial score (nSPS) is 17.5. The molecule has 0 fully saturated rings. The van der Waals surface area contributed by atoms with E-state index in [1.807, 2.05) is 85.4 Å². The average Bonchev–Trinajstić information content (AvgIpc) is 2.64. The molecule has 3 rings (SSSR count). The number of carbonyl (C=O) groups is 1. The molecular formula is C20H20ClN3OS. The third kappa shape index (κ3) is 3.45. The fourth-order valence-corrected chi connectivity index (χ4v) is 3.47. The number of carbonyl (C=O) groups excluding carboxylic acids is 1. The highest BCUT2D eigenvalue weighted by molar-refractivity contribution is 7.80. The number of thiocarbonyl (C=S) groups is 1. The number of allylic oxidation sites excluding steroid dienone is 1. The fraction of sp³-hybridized carbons (Fsp3) is 0.200. The summed E-state index contributed by atoms with van der Waals surface area (Å²) in [6.07, 6.45) is 0. The predicted molar refractivity (Wildman–Crippen MR) is 110 cm³/mol. The highest BCUT2D eigenvalue weighted by Crippen LogP contribution is 2.36. The van der Waals surface area contributed by atoms with Crippen molar-refractivity contribution in [3.8, 4) is 0 Å². The van der Waals surface area contributed by atoms with Crippen LogP contribution in [-0.2, 0) is 4.79 Å². The molecule has 1 heterocycles. The van der Waals surface area contributed by atoms with Gasteiger partial charge in [0.1, 0.15) is 0 Å². The minimum Gasteiger partial charge on any atom is -0.340 e. The third-order valence-electron chi connectivity index (χ3n) is 4.60. The van der Waals surface area contributed by atoms with Crippen LogP contribution >= 0.6 is 23.8 Å². The predicted octanol–water partition coefficient (Wildman–Crippen LogP) is 4.46. The SMILES string of the molecule is CC1=C(C(=O)Nc2ccccc2)C(c2ccc(Cl)cc2)N(C)C(=S)N1C. The lowest BCUT2D eigenvalue weighted by atomic mass is 9.93. The Morgan fingerprint density at radius 2 is 1.69 bits per heavy atom. The van der Waals surface area contributed by atoms with Crippen LogP contribution in [0.2, 0.25) is 5.02 Å². The molecule has 2 aromatic carbocycles. The van der Waals surface area contributed by atoms with E-state index >= 15 is 0 Å². The Morgan fingerprint density at radius 1 is 1.08 bits per heavy atom. The van der Waals surface area contributed by atoms with Gasteiger partial charge in [-0.05, 0) is 49.0 Å². The summed E-state index contributed by atoms with van der Waals surface area (Å²) in [6, 6.07) is 16.7. The van der Waals surface area contributed by atoms with E-state index in [-0.39, 0.29) is 11.9 Å². The number of nitrogens with one attached hydrogen (secondary N) is 1. The van der Waals surface area contributed by atoms with Crippen molar-refractivity contribution in [3.05, 3.63) is 76.5 Å². The number of benzene rings is 2. The van der Waals surface area contributed by atoms with E-state index in [9.17, 15) is 4.79 Å². The highest BCUT2D eigenvalue weighted by Gasteiger charge is 2.36. The first-order valence-electron chi connectivity index (χ1n) is 8.23. The molecule has 1 atom stereocenters. The summed E-state index contributed by atoms with van der Waals surface area (Å²) in [5.74, 6) is -0.144. The van der Waals surface area contributed by atoms with E-state index in [0.29, 0.717) is 15.7 Å². The molecule has 2 aromatic rings. The largest absolute Gasteiger partial charge is 0.340 e. The van der Waals surface area contributed by atoms with Crippen molar-refractivity contribution >= 4 is 40.5 Å². The standard InChI is InChI=1S/C20H20ClN3OS/c1-13-17(19(25)22-16-7-5-4-6-8-16)18(24(3)20(26)23(13)2)14-9-11-15(21)12-10-14/h4-12,18H,1-3H3,(H,22,25). The van der Waals surface area contributed by atoms with Gasteiger partial charge in [-0.3, -0.25) is 4.79 Å². The van der Waals surface area contributed by atoms with Gasteiger partial charge in [-0.25, -0.2) is 0 Å². The van der Waals surface area contributed by atoms with E-state index in [1.165, 1.54) is 0 Å². The summed E-state index contributed by atoms with van der Waals surface area (Å²) < 4.78 is 0. The summed E-state index contributed by atoms with van der Waals surface area (Å²) in [5.41, 5.74) is 3.22. The number of likely N-dealkylation sites (N-methyl/N-ethyl adjacent to an activating group) is 1. The van der Waals surface area contributed by atoms with Gasteiger partial charge in [0.2, 0.25) is 0 Å². The molecule has 0 saturated heterocycles. The van der Waals surface area contributed by atoms with Gasteiger partial charge < -0.3 is 15.1 Å². The van der Waals surface area contributed by atoms with Crippen molar-refractivity contribution in [2.24, 2.45) is 0 Å². The van der Waals surface area contributed by atoms with Gasteiger partial charge in [0, 0.05) is 30.5 Å². The van der Waals surface area contributed by atoms with Crippen LogP contribution in [0.1, 0.15) is 18.5 Å². The van der Waals surface area contributed by atoms with Crippen LogP contribution in [0.3, 0.4) is 0 Å². The number of rotatable bonds is 3. The van der Waals surface area contributed by atoms with Gasteiger partial charge in [-0.2, -0.15) is 0 Å². The minimum absolute atomic E-state index is 0.144. The molecule has 0 saturated carbocycles. The Bertz CT molecular complexity index is 864. The van der Waals surface area contributed by atoms with Crippen molar-refractivity contribution < 1.29 is 4.79 Å². The summed E-state index contributed by atoms with van der Waals surface area (Å²) >= 11 is 11.6. The van der Waals surface area contributed by atoms with Gasteiger partial charge in [-0.15, -0.1) is 0 Å². The Kier molecular flexibility index (Phi) is 5.30. The smallest absolute Gasteiger partial charge is 0.255 e. The maximum atomic E-state index is 13.1. The van der Waals surface area contributed by atoms with Crippen molar-refractivity contribution in [1.82, 2.24) is 9.80 Å². The molecule has 0 spiro atoms. The van der Waals surface area contributed by atoms with Gasteiger partial charge in [-0.1, -0.05) is 41.9 Å². The molecule has 1 unspecified atom stereocenters. The highest BCUT2D eigenvalue weighted by atomic mass is 35.5. The zero-order valence-corrected chi connectivity index (χ0v) is 16.4. The lowest BCUT2D eigenvalue weighted by Gasteiger charge is -2.42. The van der Waals surface area contributed by atoms with Crippen LogP contribution in [-0.4, -0.2) is 34.9 Å². The second kappa shape index (κ2) is 7.48. The summed E-state index contributed by atoms with van der Waals surface area (Å²) in [6.45, 7) is 1.92. The van der Waals surface area contributed by atoms with Crippen LogP contribution in [0.15, 0.2) is 65.9 Å². The number of halogens is 1. The summed E-state index contributed by atoms with van der Waals surface area (Å²) in [4.78, 5) is 16.9. The Hall–Kier alpha value is -2.37. The minimum atomic E-state index is -0.278. The van der Waals surface area contributed by atoms with Crippen molar-refractivity contribution in [3.63, 3.8) is 0 Å². The van der Waals surface area contributed by atoms with Gasteiger partial charge >= 0.3 is 0 Å². The molecule has 6 heteroatoms. The lowest BCUT2D eigenvalue weighted by molar-refractivity contribution is -0.113.